The molecule has 1 rings (SSSR count). The molecular formula is C12H24N2O. The lowest BCUT2D eigenvalue weighted by atomic mass is 10.1. The molecule has 1 amide bonds. The van der Waals surface area contributed by atoms with Gasteiger partial charge in [0.15, 0.2) is 0 Å². The summed E-state index contributed by atoms with van der Waals surface area (Å²) < 4.78 is 0. The molecule has 0 bridgehead atoms. The smallest absolute Gasteiger partial charge is 0.223 e. The fourth-order valence-corrected chi connectivity index (χ4v) is 2.02. The normalized spacial score (nSPS) is 21.3. The third kappa shape index (κ3) is 4.20. The maximum absolute atomic E-state index is 11.8. The summed E-state index contributed by atoms with van der Waals surface area (Å²) in [4.78, 5) is 13.8. The molecule has 0 saturated carbocycles. The minimum Gasteiger partial charge on any atom is -0.342 e. The van der Waals surface area contributed by atoms with Crippen molar-refractivity contribution in [3.63, 3.8) is 0 Å². The van der Waals surface area contributed by atoms with Gasteiger partial charge in [0.05, 0.1) is 0 Å². The molecule has 1 N–H and O–H groups in total. The van der Waals surface area contributed by atoms with E-state index >= 15 is 0 Å². The van der Waals surface area contributed by atoms with Gasteiger partial charge < -0.3 is 10.2 Å². The van der Waals surface area contributed by atoms with Crippen molar-refractivity contribution >= 4 is 5.91 Å². The van der Waals surface area contributed by atoms with Crippen LogP contribution in [0.4, 0.5) is 0 Å². The van der Waals surface area contributed by atoms with Crippen molar-refractivity contribution in [3.05, 3.63) is 0 Å². The summed E-state index contributed by atoms with van der Waals surface area (Å²) in [6.07, 6.45) is 3.04. The van der Waals surface area contributed by atoms with Gasteiger partial charge in [-0.05, 0) is 12.3 Å². The van der Waals surface area contributed by atoms with E-state index in [1.54, 1.807) is 0 Å². The molecule has 0 spiro atoms. The number of carbonyl (C=O) groups is 1. The Bertz CT molecular complexity index is 204. The van der Waals surface area contributed by atoms with Gasteiger partial charge in [0.2, 0.25) is 5.91 Å². The van der Waals surface area contributed by atoms with E-state index in [9.17, 15) is 4.79 Å². The summed E-state index contributed by atoms with van der Waals surface area (Å²) in [5.74, 6) is 1.06. The molecule has 0 aromatic heterocycles. The van der Waals surface area contributed by atoms with Gasteiger partial charge >= 0.3 is 0 Å². The maximum atomic E-state index is 11.8. The lowest BCUT2D eigenvalue weighted by molar-refractivity contribution is -0.130. The van der Waals surface area contributed by atoms with Gasteiger partial charge in [-0.2, -0.15) is 0 Å². The summed E-state index contributed by atoms with van der Waals surface area (Å²) in [6, 6.07) is 0.472. The molecule has 1 fully saturated rings. The lowest BCUT2D eigenvalue weighted by Gasteiger charge is -2.17. The summed E-state index contributed by atoms with van der Waals surface area (Å²) >= 11 is 0. The molecule has 0 aromatic rings. The first kappa shape index (κ1) is 12.5. The number of hydrogen-bond acceptors (Lipinski definition) is 2. The van der Waals surface area contributed by atoms with Gasteiger partial charge in [-0.25, -0.2) is 0 Å². The predicted octanol–water partition coefficient (Wildman–Crippen LogP) is 1.63. The van der Waals surface area contributed by atoms with Gasteiger partial charge in [-0.3, -0.25) is 4.79 Å². The molecule has 0 radical (unpaired) electrons. The number of amides is 1. The highest BCUT2D eigenvalue weighted by atomic mass is 16.2. The number of rotatable bonds is 5. The largest absolute Gasteiger partial charge is 0.342 e. The van der Waals surface area contributed by atoms with E-state index < -0.39 is 0 Å². The zero-order valence-electron chi connectivity index (χ0n) is 10.3. The quantitative estimate of drug-likeness (QED) is 0.751. The second-order valence-corrected chi connectivity index (χ2v) is 4.76. The summed E-state index contributed by atoms with van der Waals surface area (Å²) in [5, 5.41) is 3.28. The molecule has 3 heteroatoms. The molecule has 1 unspecified atom stereocenters. The number of carbonyl (C=O) groups excluding carboxylic acids is 1. The van der Waals surface area contributed by atoms with Crippen LogP contribution in [0.1, 0.15) is 40.0 Å². The standard InChI is InChI=1S/C12H24N2O/c1-4-11-6-8-14(9-11)12(15)5-7-13-10(2)3/h10-11,13H,4-9H2,1-3H3. The van der Waals surface area contributed by atoms with Crippen molar-refractivity contribution in [2.45, 2.75) is 46.1 Å². The van der Waals surface area contributed by atoms with Gasteiger partial charge in [0, 0.05) is 32.1 Å². The van der Waals surface area contributed by atoms with Gasteiger partial charge in [-0.15, -0.1) is 0 Å². The zero-order chi connectivity index (χ0) is 11.3. The van der Waals surface area contributed by atoms with Crippen molar-refractivity contribution in [1.82, 2.24) is 10.2 Å². The highest BCUT2D eigenvalue weighted by Gasteiger charge is 2.24. The summed E-state index contributed by atoms with van der Waals surface area (Å²) in [7, 11) is 0. The Morgan fingerprint density at radius 2 is 2.27 bits per heavy atom. The van der Waals surface area contributed by atoms with Crippen molar-refractivity contribution in [3.8, 4) is 0 Å². The average molecular weight is 212 g/mol. The van der Waals surface area contributed by atoms with E-state index in [0.29, 0.717) is 18.4 Å². The molecule has 88 valence electrons. The molecule has 1 aliphatic heterocycles. The highest BCUT2D eigenvalue weighted by Crippen LogP contribution is 2.19. The molecule has 0 aromatic carbocycles. The molecule has 15 heavy (non-hydrogen) atoms. The summed E-state index contributed by atoms with van der Waals surface area (Å²) in [6.45, 7) is 9.18. The van der Waals surface area contributed by atoms with Crippen LogP contribution in [-0.4, -0.2) is 36.5 Å². The lowest BCUT2D eigenvalue weighted by Crippen LogP contribution is -2.33. The fraction of sp³-hybridized carbons (Fsp3) is 0.917. The molecule has 1 atom stereocenters. The van der Waals surface area contributed by atoms with Crippen molar-refractivity contribution in [1.29, 1.82) is 0 Å². The van der Waals surface area contributed by atoms with E-state index in [-0.39, 0.29) is 0 Å². The zero-order valence-corrected chi connectivity index (χ0v) is 10.3. The Kier molecular flexibility index (Phi) is 5.09. The Morgan fingerprint density at radius 1 is 1.53 bits per heavy atom. The second kappa shape index (κ2) is 6.11. The number of hydrogen-bond donors (Lipinski definition) is 1. The summed E-state index contributed by atoms with van der Waals surface area (Å²) in [5.41, 5.74) is 0. The van der Waals surface area contributed by atoms with Crippen LogP contribution in [0.15, 0.2) is 0 Å². The van der Waals surface area contributed by atoms with Crippen LogP contribution in [0.3, 0.4) is 0 Å². The Labute approximate surface area is 93.2 Å². The van der Waals surface area contributed by atoms with Crippen LogP contribution in [-0.2, 0) is 4.79 Å². The van der Waals surface area contributed by atoms with Crippen molar-refractivity contribution in [2.24, 2.45) is 5.92 Å². The van der Waals surface area contributed by atoms with Gasteiger partial charge in [0.25, 0.3) is 0 Å². The molecule has 0 aliphatic carbocycles. The third-order valence-electron chi connectivity index (χ3n) is 3.11. The van der Waals surface area contributed by atoms with Gasteiger partial charge in [-0.1, -0.05) is 27.2 Å². The molecular weight excluding hydrogens is 188 g/mol. The van der Waals surface area contributed by atoms with Crippen molar-refractivity contribution in [2.75, 3.05) is 19.6 Å². The van der Waals surface area contributed by atoms with E-state index in [1.165, 1.54) is 12.8 Å². The number of nitrogens with zero attached hydrogens (tertiary/aromatic N) is 1. The monoisotopic (exact) mass is 212 g/mol. The van der Waals surface area contributed by atoms with E-state index in [1.807, 2.05) is 4.90 Å². The van der Waals surface area contributed by atoms with E-state index in [2.05, 4.69) is 26.1 Å². The van der Waals surface area contributed by atoms with Gasteiger partial charge in [0.1, 0.15) is 0 Å². The fourth-order valence-electron chi connectivity index (χ4n) is 2.02. The third-order valence-corrected chi connectivity index (χ3v) is 3.11. The Morgan fingerprint density at radius 3 is 2.80 bits per heavy atom. The highest BCUT2D eigenvalue weighted by molar-refractivity contribution is 5.76. The van der Waals surface area contributed by atoms with Crippen LogP contribution >= 0.6 is 0 Å². The minimum absolute atomic E-state index is 0.319. The minimum atomic E-state index is 0.319. The van der Waals surface area contributed by atoms with Crippen LogP contribution in [0.5, 0.6) is 0 Å². The van der Waals surface area contributed by atoms with Crippen LogP contribution in [0.25, 0.3) is 0 Å². The first-order valence-electron chi connectivity index (χ1n) is 6.14. The first-order chi connectivity index (χ1) is 7.13. The van der Waals surface area contributed by atoms with E-state index in [0.717, 1.165) is 25.6 Å². The van der Waals surface area contributed by atoms with Crippen molar-refractivity contribution < 1.29 is 4.79 Å². The maximum Gasteiger partial charge on any atom is 0.223 e. The van der Waals surface area contributed by atoms with E-state index in [4.69, 9.17) is 0 Å². The molecule has 1 aliphatic rings. The SMILES string of the molecule is CCC1CCN(C(=O)CCNC(C)C)C1. The van der Waals surface area contributed by atoms with Crippen LogP contribution in [0, 0.1) is 5.92 Å². The number of nitrogens with one attached hydrogen (secondary N) is 1. The molecule has 1 saturated heterocycles. The molecule has 1 heterocycles. The van der Waals surface area contributed by atoms with Crippen LogP contribution in [0.2, 0.25) is 0 Å². The predicted molar refractivity (Wildman–Crippen MR) is 62.7 cm³/mol. The first-order valence-corrected chi connectivity index (χ1v) is 6.14. The topological polar surface area (TPSA) is 32.3 Å². The molecule has 3 nitrogen and oxygen atoms in total. The Balaban J connectivity index is 2.18. The average Bonchev–Trinajstić information content (AvgIpc) is 2.65. The Hall–Kier alpha value is -0.570. The van der Waals surface area contributed by atoms with Crippen LogP contribution < -0.4 is 5.32 Å². The number of likely N-dealkylation sites (tertiary alicyclic amines) is 1. The second-order valence-electron chi connectivity index (χ2n) is 4.76.